The number of carbonyl (C=O) groups excluding carboxylic acids is 1. The number of nitrogens with zero attached hydrogens (tertiary/aromatic N) is 3. The Labute approximate surface area is 154 Å². The maximum absolute atomic E-state index is 13.1. The van der Waals surface area contributed by atoms with Crippen molar-refractivity contribution in [3.8, 4) is 0 Å². The summed E-state index contributed by atoms with van der Waals surface area (Å²) in [5.41, 5.74) is 0.863. The Balaban J connectivity index is 1.79. The smallest absolute Gasteiger partial charge is 0.242 e. The van der Waals surface area contributed by atoms with Crippen LogP contribution in [-0.2, 0) is 11.3 Å². The third-order valence-corrected chi connectivity index (χ3v) is 5.74. The molecule has 2 aromatic rings. The molecule has 3 rings (SSSR count). The Morgan fingerprint density at radius 2 is 2.08 bits per heavy atom. The summed E-state index contributed by atoms with van der Waals surface area (Å²) in [4.78, 5) is 15.3. The zero-order chi connectivity index (χ0) is 17.6. The minimum absolute atomic E-state index is 0.0428. The van der Waals surface area contributed by atoms with Crippen LogP contribution < -0.4 is 0 Å². The van der Waals surface area contributed by atoms with Gasteiger partial charge in [0.25, 0.3) is 0 Å². The van der Waals surface area contributed by atoms with Crippen molar-refractivity contribution in [2.75, 3.05) is 0 Å². The molecule has 0 radical (unpaired) electrons. The minimum Gasteiger partial charge on any atom is -0.284 e. The molecular weight excluding hydrogens is 357 g/mol. The van der Waals surface area contributed by atoms with Gasteiger partial charge in [-0.25, -0.2) is 4.39 Å². The van der Waals surface area contributed by atoms with E-state index in [1.807, 2.05) is 17.5 Å². The van der Waals surface area contributed by atoms with Crippen LogP contribution in [0.5, 0.6) is 0 Å². The SMILES string of the molecule is CCC[C@@H]1S/C(=N/N=C\c2cccs2)N(Cc2ccc(F)cc2)C1=O. The van der Waals surface area contributed by atoms with E-state index < -0.39 is 0 Å². The molecule has 0 spiro atoms. The van der Waals surface area contributed by atoms with Crippen molar-refractivity contribution in [2.24, 2.45) is 10.2 Å². The van der Waals surface area contributed by atoms with E-state index in [-0.39, 0.29) is 17.0 Å². The lowest BCUT2D eigenvalue weighted by molar-refractivity contribution is -0.126. The van der Waals surface area contributed by atoms with Crippen molar-refractivity contribution in [3.63, 3.8) is 0 Å². The highest BCUT2D eigenvalue weighted by Gasteiger charge is 2.37. The lowest BCUT2D eigenvalue weighted by atomic mass is 10.2. The second-order valence-corrected chi connectivity index (χ2v) is 7.74. The van der Waals surface area contributed by atoms with Crippen LogP contribution in [-0.4, -0.2) is 27.4 Å². The summed E-state index contributed by atoms with van der Waals surface area (Å²) in [7, 11) is 0. The molecule has 2 heterocycles. The maximum Gasteiger partial charge on any atom is 0.242 e. The van der Waals surface area contributed by atoms with E-state index in [0.717, 1.165) is 23.3 Å². The summed E-state index contributed by atoms with van der Waals surface area (Å²) < 4.78 is 13.1. The van der Waals surface area contributed by atoms with Crippen LogP contribution in [0.25, 0.3) is 0 Å². The number of amides is 1. The quantitative estimate of drug-likeness (QED) is 0.550. The van der Waals surface area contributed by atoms with Gasteiger partial charge in [0.2, 0.25) is 5.91 Å². The van der Waals surface area contributed by atoms with E-state index in [4.69, 9.17) is 0 Å². The molecule has 25 heavy (non-hydrogen) atoms. The van der Waals surface area contributed by atoms with Crippen LogP contribution in [0.4, 0.5) is 4.39 Å². The first-order chi connectivity index (χ1) is 12.2. The number of thiophene rings is 1. The summed E-state index contributed by atoms with van der Waals surface area (Å²) in [6, 6.07) is 10.1. The first-order valence-corrected chi connectivity index (χ1v) is 9.80. The van der Waals surface area contributed by atoms with E-state index in [0.29, 0.717) is 11.7 Å². The molecule has 4 nitrogen and oxygen atoms in total. The normalized spacial score (nSPS) is 19.4. The monoisotopic (exact) mass is 375 g/mol. The fraction of sp³-hybridized carbons (Fsp3) is 0.278. The van der Waals surface area contributed by atoms with Gasteiger partial charge in [0.1, 0.15) is 5.82 Å². The molecule has 1 aromatic carbocycles. The van der Waals surface area contributed by atoms with Crippen molar-refractivity contribution in [3.05, 3.63) is 58.0 Å². The molecule has 0 bridgehead atoms. The van der Waals surface area contributed by atoms with E-state index in [2.05, 4.69) is 17.1 Å². The predicted molar refractivity (Wildman–Crippen MR) is 103 cm³/mol. The van der Waals surface area contributed by atoms with E-state index in [1.165, 1.54) is 23.9 Å². The number of halogens is 1. The number of amidine groups is 1. The fourth-order valence-corrected chi connectivity index (χ4v) is 4.24. The molecule has 7 heteroatoms. The largest absolute Gasteiger partial charge is 0.284 e. The van der Waals surface area contributed by atoms with Gasteiger partial charge in [-0.1, -0.05) is 43.3 Å². The van der Waals surface area contributed by atoms with E-state index in [9.17, 15) is 9.18 Å². The molecule has 1 amide bonds. The fourth-order valence-electron chi connectivity index (χ4n) is 2.45. The molecule has 0 saturated carbocycles. The zero-order valence-electron chi connectivity index (χ0n) is 13.8. The molecule has 0 aliphatic carbocycles. The van der Waals surface area contributed by atoms with Gasteiger partial charge >= 0.3 is 0 Å². The highest BCUT2D eigenvalue weighted by Crippen LogP contribution is 2.31. The predicted octanol–water partition coefficient (Wildman–Crippen LogP) is 4.52. The van der Waals surface area contributed by atoms with Crippen LogP contribution in [0.3, 0.4) is 0 Å². The second kappa shape index (κ2) is 8.40. The summed E-state index contributed by atoms with van der Waals surface area (Å²) in [6.45, 7) is 2.43. The minimum atomic E-state index is -0.288. The summed E-state index contributed by atoms with van der Waals surface area (Å²) in [5.74, 6) is -0.245. The average Bonchev–Trinajstić information content (AvgIpc) is 3.21. The summed E-state index contributed by atoms with van der Waals surface area (Å²) in [6.07, 6.45) is 3.42. The number of carbonyl (C=O) groups is 1. The van der Waals surface area contributed by atoms with Crippen LogP contribution in [0.1, 0.15) is 30.2 Å². The van der Waals surface area contributed by atoms with Gasteiger partial charge < -0.3 is 0 Å². The Kier molecular flexibility index (Phi) is 5.99. The van der Waals surface area contributed by atoms with Crippen LogP contribution in [0.2, 0.25) is 0 Å². The molecule has 1 fully saturated rings. The number of thioether (sulfide) groups is 1. The first kappa shape index (κ1) is 17.8. The van der Waals surface area contributed by atoms with Crippen molar-refractivity contribution in [1.82, 2.24) is 4.90 Å². The summed E-state index contributed by atoms with van der Waals surface area (Å²) >= 11 is 3.03. The van der Waals surface area contributed by atoms with Gasteiger partial charge in [0.15, 0.2) is 5.17 Å². The topological polar surface area (TPSA) is 45.0 Å². The van der Waals surface area contributed by atoms with Crippen molar-refractivity contribution in [1.29, 1.82) is 0 Å². The number of rotatable bonds is 6. The van der Waals surface area contributed by atoms with Crippen LogP contribution >= 0.6 is 23.1 Å². The van der Waals surface area contributed by atoms with Crippen molar-refractivity contribution in [2.45, 2.75) is 31.6 Å². The third kappa shape index (κ3) is 4.55. The molecule has 1 aliphatic heterocycles. The molecule has 1 aliphatic rings. The Morgan fingerprint density at radius 3 is 2.76 bits per heavy atom. The van der Waals surface area contributed by atoms with Gasteiger partial charge in [-0.2, -0.15) is 5.10 Å². The Hall–Kier alpha value is -1.99. The van der Waals surface area contributed by atoms with Crippen molar-refractivity contribution < 1.29 is 9.18 Å². The third-order valence-electron chi connectivity index (χ3n) is 3.70. The highest BCUT2D eigenvalue weighted by atomic mass is 32.2. The van der Waals surface area contributed by atoms with Gasteiger partial charge in [-0.05, 0) is 35.6 Å². The first-order valence-electron chi connectivity index (χ1n) is 8.04. The Morgan fingerprint density at radius 1 is 1.28 bits per heavy atom. The number of hydrogen-bond donors (Lipinski definition) is 0. The van der Waals surface area contributed by atoms with E-state index in [1.54, 1.807) is 34.6 Å². The van der Waals surface area contributed by atoms with Gasteiger partial charge in [-0.3, -0.25) is 9.69 Å². The molecule has 1 saturated heterocycles. The highest BCUT2D eigenvalue weighted by molar-refractivity contribution is 8.15. The molecule has 0 unspecified atom stereocenters. The molecule has 0 N–H and O–H groups in total. The van der Waals surface area contributed by atoms with Crippen LogP contribution in [0.15, 0.2) is 52.0 Å². The lowest BCUT2D eigenvalue weighted by Gasteiger charge is -2.15. The molecular formula is C18H18FN3OS2. The number of benzene rings is 1. The summed E-state index contributed by atoms with van der Waals surface area (Å²) in [5, 5.41) is 10.8. The van der Waals surface area contributed by atoms with Crippen LogP contribution in [0, 0.1) is 5.82 Å². The second-order valence-electron chi connectivity index (χ2n) is 5.59. The van der Waals surface area contributed by atoms with Gasteiger partial charge in [-0.15, -0.1) is 16.4 Å². The Bertz CT molecular complexity index is 772. The average molecular weight is 375 g/mol. The maximum atomic E-state index is 13.1. The lowest BCUT2D eigenvalue weighted by Crippen LogP contribution is -2.31. The van der Waals surface area contributed by atoms with Gasteiger partial charge in [0.05, 0.1) is 18.0 Å². The molecule has 1 atom stereocenters. The van der Waals surface area contributed by atoms with Crippen molar-refractivity contribution >= 4 is 40.4 Å². The van der Waals surface area contributed by atoms with Gasteiger partial charge in [0, 0.05) is 4.88 Å². The zero-order valence-corrected chi connectivity index (χ0v) is 15.4. The molecule has 1 aromatic heterocycles. The van der Waals surface area contributed by atoms with E-state index >= 15 is 0 Å². The molecule has 130 valence electrons. The standard InChI is InChI=1S/C18H18FN3OS2/c1-2-4-16-17(23)22(12-13-6-8-14(19)9-7-13)18(25-16)21-20-11-15-5-3-10-24-15/h3,5-11,16H,2,4,12H2,1H3/b20-11-,21-18+/t16-/m0/s1. The number of hydrogen-bond acceptors (Lipinski definition) is 5.